The van der Waals surface area contributed by atoms with Crippen LogP contribution in [0.1, 0.15) is 52.0 Å². The second-order valence-electron chi connectivity index (χ2n) is 8.43. The third-order valence-electron chi connectivity index (χ3n) is 6.18. The highest BCUT2D eigenvalue weighted by Gasteiger charge is 2.32. The zero-order chi connectivity index (χ0) is 23.2. The van der Waals surface area contributed by atoms with Gasteiger partial charge in [0, 0.05) is 35.4 Å². The number of carbonyl (C=O) groups is 2. The van der Waals surface area contributed by atoms with E-state index in [0.29, 0.717) is 23.4 Å². The Hall–Kier alpha value is -3.51. The van der Waals surface area contributed by atoms with Crippen molar-refractivity contribution in [2.24, 2.45) is 5.73 Å². The number of nitrogens with one attached hydrogen (secondary N) is 1. The number of nitrogens with two attached hydrogens (primary N) is 1. The fraction of sp³-hybridized carbons (Fsp3) is 0.259. The molecule has 2 unspecified atom stereocenters. The molecule has 0 spiro atoms. The maximum absolute atomic E-state index is 13.5. The fourth-order valence-corrected chi connectivity index (χ4v) is 4.37. The number of anilines is 1. The molecule has 0 saturated heterocycles. The van der Waals surface area contributed by atoms with Gasteiger partial charge in [0.15, 0.2) is 0 Å². The number of amides is 2. The van der Waals surface area contributed by atoms with Gasteiger partial charge in [-0.3, -0.25) is 9.59 Å². The third kappa shape index (κ3) is 5.46. The van der Waals surface area contributed by atoms with Crippen LogP contribution in [0.4, 0.5) is 10.1 Å². The minimum absolute atomic E-state index is 0.0717. The zero-order valence-corrected chi connectivity index (χ0v) is 18.4. The van der Waals surface area contributed by atoms with Crippen molar-refractivity contribution in [1.82, 2.24) is 4.90 Å². The quantitative estimate of drug-likeness (QED) is 0.561. The maximum atomic E-state index is 13.5. The number of halogens is 1. The summed E-state index contributed by atoms with van der Waals surface area (Å²) in [6.45, 7) is 0.325. The Morgan fingerprint density at radius 2 is 1.55 bits per heavy atom. The molecular formula is C27H28FN3O2. The summed E-state index contributed by atoms with van der Waals surface area (Å²) < 4.78 is 13.2. The van der Waals surface area contributed by atoms with Crippen LogP contribution >= 0.6 is 0 Å². The first-order valence-electron chi connectivity index (χ1n) is 11.3. The van der Waals surface area contributed by atoms with Gasteiger partial charge in [0.1, 0.15) is 5.82 Å². The first-order chi connectivity index (χ1) is 16.0. The summed E-state index contributed by atoms with van der Waals surface area (Å²) >= 11 is 0. The van der Waals surface area contributed by atoms with Gasteiger partial charge in [-0.05, 0) is 60.9 Å². The molecular weight excluding hydrogens is 417 g/mol. The Morgan fingerprint density at radius 1 is 0.879 bits per heavy atom. The Kier molecular flexibility index (Phi) is 7.15. The van der Waals surface area contributed by atoms with Gasteiger partial charge >= 0.3 is 0 Å². The smallest absolute Gasteiger partial charge is 0.255 e. The molecule has 0 heterocycles. The number of hydrogen-bond acceptors (Lipinski definition) is 3. The molecule has 0 radical (unpaired) electrons. The van der Waals surface area contributed by atoms with Crippen molar-refractivity contribution < 1.29 is 14.0 Å². The highest BCUT2D eigenvalue weighted by Crippen LogP contribution is 2.27. The van der Waals surface area contributed by atoms with E-state index in [1.54, 1.807) is 0 Å². The molecule has 3 aromatic rings. The molecule has 1 fully saturated rings. The molecule has 170 valence electrons. The number of nitrogens with zero attached hydrogens (tertiary/aromatic N) is 1. The van der Waals surface area contributed by atoms with E-state index in [1.165, 1.54) is 24.3 Å². The van der Waals surface area contributed by atoms with Gasteiger partial charge in [-0.15, -0.1) is 0 Å². The first kappa shape index (κ1) is 22.7. The van der Waals surface area contributed by atoms with Crippen LogP contribution in [-0.4, -0.2) is 28.8 Å². The Bertz CT molecular complexity index is 1100. The zero-order valence-electron chi connectivity index (χ0n) is 18.4. The Balaban J connectivity index is 1.61. The van der Waals surface area contributed by atoms with E-state index >= 15 is 0 Å². The van der Waals surface area contributed by atoms with Crippen molar-refractivity contribution in [3.8, 4) is 0 Å². The molecule has 6 heteroatoms. The summed E-state index contributed by atoms with van der Waals surface area (Å²) in [5, 5.41) is 2.91. The van der Waals surface area contributed by atoms with Crippen LogP contribution in [-0.2, 0) is 6.54 Å². The number of hydrogen-bond donors (Lipinski definition) is 2. The van der Waals surface area contributed by atoms with Crippen molar-refractivity contribution in [3.63, 3.8) is 0 Å². The van der Waals surface area contributed by atoms with Gasteiger partial charge in [-0.25, -0.2) is 4.39 Å². The standard InChI is InChI=1S/C27H28FN3O2/c28-22-16-14-19(15-17-22)26(32)30-24-12-6-4-10-21(24)18-31(25-13-7-5-11-23(25)29)27(33)20-8-2-1-3-9-20/h1-4,6,8-10,12,14-17,23,25H,5,7,11,13,18,29H2,(H,30,32). The average molecular weight is 446 g/mol. The minimum Gasteiger partial charge on any atom is -0.330 e. The van der Waals surface area contributed by atoms with Gasteiger partial charge in [-0.2, -0.15) is 0 Å². The van der Waals surface area contributed by atoms with Crippen molar-refractivity contribution >= 4 is 17.5 Å². The van der Waals surface area contributed by atoms with Crippen LogP contribution in [0.25, 0.3) is 0 Å². The first-order valence-corrected chi connectivity index (χ1v) is 11.3. The summed E-state index contributed by atoms with van der Waals surface area (Å²) in [6.07, 6.45) is 3.82. The Morgan fingerprint density at radius 3 is 2.27 bits per heavy atom. The molecule has 1 saturated carbocycles. The molecule has 3 N–H and O–H groups in total. The monoisotopic (exact) mass is 445 g/mol. The SMILES string of the molecule is NC1CCCCC1N(Cc1ccccc1NC(=O)c1ccc(F)cc1)C(=O)c1ccccc1. The normalized spacial score (nSPS) is 17.9. The summed E-state index contributed by atoms with van der Waals surface area (Å²) in [7, 11) is 0. The van der Waals surface area contributed by atoms with Crippen molar-refractivity contribution in [2.75, 3.05) is 5.32 Å². The molecule has 0 aromatic heterocycles. The topological polar surface area (TPSA) is 75.4 Å². The number of para-hydroxylation sites is 1. The molecule has 2 amide bonds. The number of benzene rings is 3. The molecule has 2 atom stereocenters. The van der Waals surface area contributed by atoms with Gasteiger partial charge in [0.2, 0.25) is 0 Å². The lowest BCUT2D eigenvalue weighted by atomic mass is 9.89. The van der Waals surface area contributed by atoms with Crippen LogP contribution in [0.3, 0.4) is 0 Å². The van der Waals surface area contributed by atoms with E-state index in [0.717, 1.165) is 31.2 Å². The van der Waals surface area contributed by atoms with Crippen molar-refractivity contribution in [1.29, 1.82) is 0 Å². The molecule has 3 aromatic carbocycles. The predicted octanol–water partition coefficient (Wildman–Crippen LogP) is 4.99. The van der Waals surface area contributed by atoms with E-state index in [2.05, 4.69) is 5.32 Å². The van der Waals surface area contributed by atoms with Gasteiger partial charge in [-0.1, -0.05) is 49.2 Å². The number of carbonyl (C=O) groups excluding carboxylic acids is 2. The fourth-order valence-electron chi connectivity index (χ4n) is 4.37. The van der Waals surface area contributed by atoms with Gasteiger partial charge < -0.3 is 16.0 Å². The van der Waals surface area contributed by atoms with Crippen LogP contribution in [0, 0.1) is 5.82 Å². The second kappa shape index (κ2) is 10.4. The molecule has 0 bridgehead atoms. The molecule has 4 rings (SSSR count). The molecule has 33 heavy (non-hydrogen) atoms. The van der Waals surface area contributed by atoms with Gasteiger partial charge in [0.25, 0.3) is 11.8 Å². The lowest BCUT2D eigenvalue weighted by Crippen LogP contribution is -2.51. The van der Waals surface area contributed by atoms with Crippen LogP contribution in [0.5, 0.6) is 0 Å². The minimum atomic E-state index is -0.397. The molecule has 1 aliphatic carbocycles. The summed E-state index contributed by atoms with van der Waals surface area (Å²) in [6, 6.07) is 21.9. The summed E-state index contributed by atoms with van der Waals surface area (Å²) in [4.78, 5) is 28.1. The van der Waals surface area contributed by atoms with Crippen molar-refractivity contribution in [3.05, 3.63) is 101 Å². The maximum Gasteiger partial charge on any atom is 0.255 e. The summed E-state index contributed by atoms with van der Waals surface area (Å²) in [5.74, 6) is -0.804. The van der Waals surface area contributed by atoms with Gasteiger partial charge in [0.05, 0.1) is 0 Å². The molecule has 0 aliphatic heterocycles. The largest absolute Gasteiger partial charge is 0.330 e. The highest BCUT2D eigenvalue weighted by atomic mass is 19.1. The Labute approximate surface area is 193 Å². The van der Waals surface area contributed by atoms with Crippen molar-refractivity contribution in [2.45, 2.75) is 44.3 Å². The van der Waals surface area contributed by atoms with E-state index in [-0.39, 0.29) is 23.9 Å². The molecule has 5 nitrogen and oxygen atoms in total. The number of rotatable bonds is 6. The highest BCUT2D eigenvalue weighted by molar-refractivity contribution is 6.04. The second-order valence-corrected chi connectivity index (χ2v) is 8.43. The third-order valence-corrected chi connectivity index (χ3v) is 6.18. The van der Waals surface area contributed by atoms with E-state index in [4.69, 9.17) is 5.73 Å². The molecule has 1 aliphatic rings. The lowest BCUT2D eigenvalue weighted by Gasteiger charge is -2.39. The lowest BCUT2D eigenvalue weighted by molar-refractivity contribution is 0.0584. The van der Waals surface area contributed by atoms with Crippen LogP contribution < -0.4 is 11.1 Å². The van der Waals surface area contributed by atoms with Crippen LogP contribution in [0.2, 0.25) is 0 Å². The van der Waals surface area contributed by atoms with E-state index in [1.807, 2.05) is 59.5 Å². The van der Waals surface area contributed by atoms with Crippen LogP contribution in [0.15, 0.2) is 78.9 Å². The van der Waals surface area contributed by atoms with E-state index < -0.39 is 5.82 Å². The van der Waals surface area contributed by atoms with E-state index in [9.17, 15) is 14.0 Å². The average Bonchev–Trinajstić information content (AvgIpc) is 2.84. The summed E-state index contributed by atoms with van der Waals surface area (Å²) in [5.41, 5.74) is 8.86. The predicted molar refractivity (Wildman–Crippen MR) is 127 cm³/mol.